The van der Waals surface area contributed by atoms with Crippen LogP contribution in [0.2, 0.25) is 0 Å². The highest BCUT2D eigenvalue weighted by Gasteiger charge is 2.37. The van der Waals surface area contributed by atoms with Gasteiger partial charge in [-0.3, -0.25) is 9.78 Å². The lowest BCUT2D eigenvalue weighted by molar-refractivity contribution is -0.143. The molecule has 3 N–H and O–H groups in total. The van der Waals surface area contributed by atoms with E-state index in [1.165, 1.54) is 6.20 Å². The first kappa shape index (κ1) is 22.4. The number of nitrogens with two attached hydrogens (primary N) is 1. The molecule has 2 heterocycles. The summed E-state index contributed by atoms with van der Waals surface area (Å²) in [5.74, 6) is 4.81. The lowest BCUT2D eigenvalue weighted by Crippen LogP contribution is -2.18. The number of nitrogens with one attached hydrogen (secondary N) is 1. The molecule has 7 nitrogen and oxygen atoms in total. The van der Waals surface area contributed by atoms with Crippen LogP contribution in [0.3, 0.4) is 0 Å². The second-order valence-electron chi connectivity index (χ2n) is 6.02. The molecule has 0 atom stereocenters. The number of thioether (sulfide) groups is 1. The minimum atomic E-state index is -5.02. The predicted molar refractivity (Wildman–Crippen MR) is 99.2 cm³/mol. The molecular formula is C17H12F6N6OS. The van der Waals surface area contributed by atoms with Gasteiger partial charge in [0.25, 0.3) is 0 Å². The molecule has 0 saturated carbocycles. The summed E-state index contributed by atoms with van der Waals surface area (Å²) < 4.78 is 78.5. The van der Waals surface area contributed by atoms with Crippen molar-refractivity contribution < 1.29 is 31.1 Å². The summed E-state index contributed by atoms with van der Waals surface area (Å²) in [7, 11) is 0. The molecule has 3 rings (SSSR count). The molecular weight excluding hydrogens is 450 g/mol. The predicted octanol–water partition coefficient (Wildman–Crippen LogP) is 3.82. The third-order valence-electron chi connectivity index (χ3n) is 3.76. The van der Waals surface area contributed by atoms with Crippen LogP contribution in [0.5, 0.6) is 0 Å². The van der Waals surface area contributed by atoms with E-state index >= 15 is 0 Å². The average Bonchev–Trinajstić information content (AvgIpc) is 3.06. The van der Waals surface area contributed by atoms with Crippen LogP contribution in [0, 0.1) is 0 Å². The van der Waals surface area contributed by atoms with Gasteiger partial charge in [-0.2, -0.15) is 26.3 Å². The first-order chi connectivity index (χ1) is 14.4. The summed E-state index contributed by atoms with van der Waals surface area (Å²) in [5.41, 5.74) is -3.30. The van der Waals surface area contributed by atoms with E-state index in [-0.39, 0.29) is 17.0 Å². The Morgan fingerprint density at radius 2 is 1.68 bits per heavy atom. The number of carbonyl (C=O) groups is 1. The third-order valence-corrected chi connectivity index (χ3v) is 4.71. The topological polar surface area (TPSA) is 98.7 Å². The molecule has 0 radical (unpaired) electrons. The molecule has 1 aromatic carbocycles. The van der Waals surface area contributed by atoms with Gasteiger partial charge in [0, 0.05) is 11.9 Å². The zero-order valence-electron chi connectivity index (χ0n) is 15.2. The molecule has 0 bridgehead atoms. The second kappa shape index (κ2) is 8.45. The Morgan fingerprint density at radius 1 is 1.03 bits per heavy atom. The molecule has 31 heavy (non-hydrogen) atoms. The normalized spacial score (nSPS) is 12.1. The van der Waals surface area contributed by atoms with Gasteiger partial charge in [-0.15, -0.1) is 10.2 Å². The maximum atomic E-state index is 12.9. The van der Waals surface area contributed by atoms with Crippen LogP contribution in [0.25, 0.3) is 11.5 Å². The Balaban J connectivity index is 1.72. The molecule has 0 saturated heterocycles. The van der Waals surface area contributed by atoms with Crippen LogP contribution in [0.15, 0.2) is 47.8 Å². The number of carbonyl (C=O) groups excluding carboxylic acids is 1. The van der Waals surface area contributed by atoms with Crippen LogP contribution in [-0.4, -0.2) is 31.5 Å². The summed E-state index contributed by atoms with van der Waals surface area (Å²) in [6.07, 6.45) is -8.53. The zero-order valence-corrected chi connectivity index (χ0v) is 16.0. The molecule has 0 spiro atoms. The molecule has 3 aromatic rings. The van der Waals surface area contributed by atoms with E-state index in [1.807, 2.05) is 5.32 Å². The van der Waals surface area contributed by atoms with Gasteiger partial charge in [-0.25, -0.2) is 4.68 Å². The second-order valence-corrected chi connectivity index (χ2v) is 6.97. The number of anilines is 1. The van der Waals surface area contributed by atoms with E-state index in [1.54, 1.807) is 18.2 Å². The van der Waals surface area contributed by atoms with Crippen LogP contribution in [-0.2, 0) is 17.1 Å². The van der Waals surface area contributed by atoms with Gasteiger partial charge in [0.1, 0.15) is 5.69 Å². The fraction of sp³-hybridized carbons (Fsp3) is 0.176. The van der Waals surface area contributed by atoms with E-state index in [9.17, 15) is 31.1 Å². The van der Waals surface area contributed by atoms with E-state index in [2.05, 4.69) is 15.2 Å². The van der Waals surface area contributed by atoms with Crippen LogP contribution in [0.1, 0.15) is 11.1 Å². The number of nitrogen functional groups attached to an aromatic ring is 1. The first-order valence-electron chi connectivity index (χ1n) is 8.29. The number of hydrogen-bond donors (Lipinski definition) is 2. The van der Waals surface area contributed by atoms with Crippen molar-refractivity contribution in [1.29, 1.82) is 0 Å². The summed E-state index contributed by atoms with van der Waals surface area (Å²) in [5, 5.41) is 9.76. The molecule has 0 aliphatic rings. The third kappa shape index (κ3) is 5.45. The molecule has 0 fully saturated rings. The molecule has 0 aliphatic carbocycles. The quantitative estimate of drug-likeness (QED) is 0.340. The maximum Gasteiger partial charge on any atom is 0.416 e. The van der Waals surface area contributed by atoms with Crippen LogP contribution >= 0.6 is 11.8 Å². The van der Waals surface area contributed by atoms with Crippen molar-refractivity contribution in [2.75, 3.05) is 16.9 Å². The molecule has 0 unspecified atom stereocenters. The molecule has 0 aliphatic heterocycles. The largest absolute Gasteiger partial charge is 0.416 e. The average molecular weight is 462 g/mol. The Labute approximate surface area is 174 Å². The van der Waals surface area contributed by atoms with Crippen molar-refractivity contribution in [1.82, 2.24) is 19.9 Å². The lowest BCUT2D eigenvalue weighted by atomic mass is 10.1. The first-order valence-corrected chi connectivity index (χ1v) is 9.28. The minimum absolute atomic E-state index is 0.0273. The standard InChI is InChI=1S/C17H12F6N6OS/c18-16(19,20)9-5-10(17(21,22)23)7-11(6-9)26-13(30)8-31-15-28-27-14(29(15)24)12-3-1-2-4-25-12/h1-7H,8,24H2,(H,26,30). The highest BCUT2D eigenvalue weighted by molar-refractivity contribution is 7.99. The number of aromatic nitrogens is 4. The van der Waals surface area contributed by atoms with Gasteiger partial charge in [0.05, 0.1) is 16.9 Å². The number of nitrogens with zero attached hydrogens (tertiary/aromatic N) is 4. The van der Waals surface area contributed by atoms with Crippen molar-refractivity contribution in [3.05, 3.63) is 53.7 Å². The maximum absolute atomic E-state index is 12.9. The Bertz CT molecular complexity index is 1050. The van der Waals surface area contributed by atoms with Crippen molar-refractivity contribution in [2.24, 2.45) is 0 Å². The van der Waals surface area contributed by atoms with Gasteiger partial charge in [-0.05, 0) is 30.3 Å². The number of hydrogen-bond acceptors (Lipinski definition) is 6. The van der Waals surface area contributed by atoms with Crippen molar-refractivity contribution >= 4 is 23.4 Å². The Hall–Kier alpha value is -3.29. The van der Waals surface area contributed by atoms with E-state index in [4.69, 9.17) is 5.84 Å². The molecule has 2 aromatic heterocycles. The number of rotatable bonds is 5. The number of benzene rings is 1. The van der Waals surface area contributed by atoms with E-state index in [0.717, 1.165) is 16.4 Å². The number of halogens is 6. The van der Waals surface area contributed by atoms with Crippen LogP contribution in [0.4, 0.5) is 32.0 Å². The summed E-state index contributed by atoms with van der Waals surface area (Å²) in [6.45, 7) is 0. The van der Waals surface area contributed by atoms with Gasteiger partial charge in [-0.1, -0.05) is 17.8 Å². The van der Waals surface area contributed by atoms with Crippen molar-refractivity contribution in [3.8, 4) is 11.5 Å². The van der Waals surface area contributed by atoms with Gasteiger partial charge < -0.3 is 11.2 Å². The molecule has 1 amide bonds. The fourth-order valence-electron chi connectivity index (χ4n) is 2.40. The monoisotopic (exact) mass is 462 g/mol. The highest BCUT2D eigenvalue weighted by Crippen LogP contribution is 2.37. The van der Waals surface area contributed by atoms with Gasteiger partial charge in [0.15, 0.2) is 0 Å². The summed E-state index contributed by atoms with van der Waals surface area (Å²) >= 11 is 0.789. The zero-order chi connectivity index (χ0) is 22.8. The van der Waals surface area contributed by atoms with Crippen molar-refractivity contribution in [2.45, 2.75) is 17.5 Å². The number of amides is 1. The summed E-state index contributed by atoms with van der Waals surface area (Å²) in [4.78, 5) is 16.1. The minimum Gasteiger partial charge on any atom is -0.335 e. The smallest absolute Gasteiger partial charge is 0.335 e. The van der Waals surface area contributed by atoms with E-state index in [0.29, 0.717) is 17.8 Å². The lowest BCUT2D eigenvalue weighted by Gasteiger charge is -2.14. The van der Waals surface area contributed by atoms with E-state index < -0.39 is 40.8 Å². The van der Waals surface area contributed by atoms with Gasteiger partial charge >= 0.3 is 12.4 Å². The SMILES string of the molecule is Nn1c(SCC(=O)Nc2cc(C(F)(F)F)cc(C(F)(F)F)c2)nnc1-c1ccccn1. The number of pyridine rings is 1. The Morgan fingerprint density at radius 3 is 2.23 bits per heavy atom. The molecule has 14 heteroatoms. The van der Waals surface area contributed by atoms with Crippen LogP contribution < -0.4 is 11.2 Å². The Kier molecular flexibility index (Phi) is 6.10. The van der Waals surface area contributed by atoms with Gasteiger partial charge in [0.2, 0.25) is 16.9 Å². The summed E-state index contributed by atoms with van der Waals surface area (Å²) in [6, 6.07) is 5.81. The number of alkyl halides is 6. The molecule has 164 valence electrons. The van der Waals surface area contributed by atoms with Crippen molar-refractivity contribution in [3.63, 3.8) is 0 Å². The highest BCUT2D eigenvalue weighted by atomic mass is 32.2. The fourth-order valence-corrected chi connectivity index (χ4v) is 3.06.